The minimum atomic E-state index is -4.20. The summed E-state index contributed by atoms with van der Waals surface area (Å²) in [6.07, 6.45) is 2.26. The van der Waals surface area contributed by atoms with Gasteiger partial charge in [-0.05, 0) is 48.5 Å². The number of hydrogen-bond acceptors (Lipinski definition) is 8. The van der Waals surface area contributed by atoms with E-state index >= 15 is 0 Å². The molecule has 0 saturated carbocycles. The molecule has 0 atom stereocenters. The average molecular weight is 568 g/mol. The molecule has 1 heterocycles. The lowest BCUT2D eigenvalue weighted by molar-refractivity contribution is 0.0980. The van der Waals surface area contributed by atoms with Crippen LogP contribution < -0.4 is 15.4 Å². The van der Waals surface area contributed by atoms with E-state index in [1.165, 1.54) is 24.3 Å². The molecule has 4 aromatic rings. The number of aromatic nitrogens is 2. The number of nitrogens with zero attached hydrogens (tertiary/aromatic N) is 2. The van der Waals surface area contributed by atoms with E-state index in [0.29, 0.717) is 22.8 Å². The minimum Gasteiger partial charge on any atom is -0.353 e. The first-order chi connectivity index (χ1) is 18.3. The summed E-state index contributed by atoms with van der Waals surface area (Å²) in [5.74, 6) is -0.206. The Labute approximate surface area is 229 Å². The normalized spacial score (nSPS) is 11.0. The van der Waals surface area contributed by atoms with Crippen molar-refractivity contribution in [1.29, 1.82) is 0 Å². The van der Waals surface area contributed by atoms with Gasteiger partial charge in [-0.15, -0.1) is 11.8 Å². The average Bonchev–Trinajstić information content (AvgIpc) is 2.92. The van der Waals surface area contributed by atoms with Crippen LogP contribution in [0.3, 0.4) is 0 Å². The Morgan fingerprint density at radius 1 is 0.842 bits per heavy atom. The molecule has 4 rings (SSSR count). The SMILES string of the molecule is O=C(NS(=O)(=O)c1cnc(NCCSc2ccccc2)nc1)c1ccc(NC(=O)c2ccccc2Cl)cc1. The zero-order chi connectivity index (χ0) is 27.0. The number of anilines is 2. The van der Waals surface area contributed by atoms with Crippen molar-refractivity contribution in [2.24, 2.45) is 0 Å². The molecule has 0 aliphatic heterocycles. The Hall–Kier alpha value is -3.93. The van der Waals surface area contributed by atoms with Crippen LogP contribution in [0.15, 0.2) is 101 Å². The first-order valence-corrected chi connectivity index (χ1v) is 14.1. The highest BCUT2D eigenvalue weighted by molar-refractivity contribution is 7.99. The van der Waals surface area contributed by atoms with Gasteiger partial charge in [-0.3, -0.25) is 9.59 Å². The van der Waals surface area contributed by atoms with Gasteiger partial charge < -0.3 is 10.6 Å². The summed E-state index contributed by atoms with van der Waals surface area (Å²) >= 11 is 7.71. The van der Waals surface area contributed by atoms with Crippen LogP contribution in [0.25, 0.3) is 0 Å². The third-order valence-electron chi connectivity index (χ3n) is 5.09. The van der Waals surface area contributed by atoms with Gasteiger partial charge in [-0.1, -0.05) is 41.9 Å². The first-order valence-electron chi connectivity index (χ1n) is 11.3. The van der Waals surface area contributed by atoms with Gasteiger partial charge in [0.1, 0.15) is 4.90 Å². The number of sulfonamides is 1. The number of halogens is 1. The topological polar surface area (TPSA) is 130 Å². The monoisotopic (exact) mass is 567 g/mol. The summed E-state index contributed by atoms with van der Waals surface area (Å²) in [5.41, 5.74) is 0.795. The number of benzene rings is 3. The third kappa shape index (κ3) is 7.31. The Balaban J connectivity index is 1.30. The van der Waals surface area contributed by atoms with E-state index in [1.807, 2.05) is 35.1 Å². The molecule has 0 aliphatic carbocycles. The van der Waals surface area contributed by atoms with E-state index < -0.39 is 21.8 Å². The van der Waals surface area contributed by atoms with Gasteiger partial charge in [0.15, 0.2) is 0 Å². The Bertz CT molecular complexity index is 1520. The second-order valence-electron chi connectivity index (χ2n) is 7.78. The van der Waals surface area contributed by atoms with Gasteiger partial charge in [-0.2, -0.15) is 0 Å². The van der Waals surface area contributed by atoms with Crippen LogP contribution in [0, 0.1) is 0 Å². The van der Waals surface area contributed by atoms with E-state index in [9.17, 15) is 18.0 Å². The maximum atomic E-state index is 12.6. The fourth-order valence-corrected chi connectivity index (χ4v) is 5.06. The van der Waals surface area contributed by atoms with Crippen molar-refractivity contribution >= 4 is 56.8 Å². The lowest BCUT2D eigenvalue weighted by Gasteiger charge is -2.09. The van der Waals surface area contributed by atoms with Gasteiger partial charge in [0.2, 0.25) is 5.95 Å². The summed E-state index contributed by atoms with van der Waals surface area (Å²) in [6, 6.07) is 22.3. The van der Waals surface area contributed by atoms with Crippen molar-refractivity contribution in [3.8, 4) is 0 Å². The van der Waals surface area contributed by atoms with E-state index in [-0.39, 0.29) is 16.4 Å². The van der Waals surface area contributed by atoms with Gasteiger partial charge in [0.25, 0.3) is 21.8 Å². The number of carbonyl (C=O) groups excluding carboxylic acids is 2. The zero-order valence-electron chi connectivity index (χ0n) is 19.8. The maximum Gasteiger partial charge on any atom is 0.267 e. The summed E-state index contributed by atoms with van der Waals surface area (Å²) in [6.45, 7) is 0.581. The highest BCUT2D eigenvalue weighted by Gasteiger charge is 2.20. The van der Waals surface area contributed by atoms with Gasteiger partial charge >= 0.3 is 0 Å². The summed E-state index contributed by atoms with van der Waals surface area (Å²) < 4.78 is 27.3. The quantitative estimate of drug-likeness (QED) is 0.186. The third-order valence-corrected chi connectivity index (χ3v) is 7.71. The van der Waals surface area contributed by atoms with Crippen LogP contribution in [-0.4, -0.2) is 42.5 Å². The Morgan fingerprint density at radius 3 is 2.18 bits per heavy atom. The van der Waals surface area contributed by atoms with E-state index in [4.69, 9.17) is 11.6 Å². The maximum absolute atomic E-state index is 12.6. The predicted molar refractivity (Wildman–Crippen MR) is 148 cm³/mol. The molecule has 0 spiro atoms. The van der Waals surface area contributed by atoms with Crippen LogP contribution in [0.4, 0.5) is 11.6 Å². The predicted octanol–water partition coefficient (Wildman–Crippen LogP) is 4.71. The van der Waals surface area contributed by atoms with Gasteiger partial charge in [0, 0.05) is 28.4 Å². The smallest absolute Gasteiger partial charge is 0.267 e. The molecule has 0 fully saturated rings. The molecule has 9 nitrogen and oxygen atoms in total. The number of hydrogen-bond donors (Lipinski definition) is 3. The summed E-state index contributed by atoms with van der Waals surface area (Å²) in [5, 5.41) is 6.01. The van der Waals surface area contributed by atoms with Crippen molar-refractivity contribution < 1.29 is 18.0 Å². The highest BCUT2D eigenvalue weighted by Crippen LogP contribution is 2.19. The number of thioether (sulfide) groups is 1. The minimum absolute atomic E-state index is 0.0828. The Kier molecular flexibility index (Phi) is 8.95. The number of amides is 2. The van der Waals surface area contributed by atoms with Crippen LogP contribution >= 0.6 is 23.4 Å². The highest BCUT2D eigenvalue weighted by atomic mass is 35.5. The second kappa shape index (κ2) is 12.5. The molecule has 0 aliphatic rings. The molecule has 0 bridgehead atoms. The van der Waals surface area contributed by atoms with Crippen molar-refractivity contribution in [3.05, 3.63) is 107 Å². The van der Waals surface area contributed by atoms with Crippen LogP contribution in [0.2, 0.25) is 5.02 Å². The molecule has 1 aromatic heterocycles. The molecular formula is C26H22ClN5O4S2. The zero-order valence-corrected chi connectivity index (χ0v) is 22.2. The van der Waals surface area contributed by atoms with Crippen molar-refractivity contribution in [2.45, 2.75) is 9.79 Å². The van der Waals surface area contributed by atoms with E-state index in [0.717, 1.165) is 23.0 Å². The fraction of sp³-hybridized carbons (Fsp3) is 0.0769. The largest absolute Gasteiger partial charge is 0.353 e. The number of nitrogens with one attached hydrogen (secondary N) is 3. The molecule has 12 heteroatoms. The standard InChI is InChI=1S/C26H22ClN5O4S2/c27-23-9-5-4-8-22(23)25(34)31-19-12-10-18(11-13-19)24(33)32-38(35,36)21-16-29-26(30-17-21)28-14-15-37-20-6-2-1-3-7-20/h1-13,16-17H,14-15H2,(H,31,34)(H,32,33)(H,28,29,30). The van der Waals surface area contributed by atoms with Crippen molar-refractivity contribution in [3.63, 3.8) is 0 Å². The summed E-state index contributed by atoms with van der Waals surface area (Å²) in [4.78, 5) is 33.9. The molecule has 38 heavy (non-hydrogen) atoms. The molecule has 0 radical (unpaired) electrons. The fourth-order valence-electron chi connectivity index (χ4n) is 3.18. The van der Waals surface area contributed by atoms with Crippen LogP contribution in [0.5, 0.6) is 0 Å². The first kappa shape index (κ1) is 27.1. The molecular weight excluding hydrogens is 546 g/mol. The van der Waals surface area contributed by atoms with Crippen LogP contribution in [0.1, 0.15) is 20.7 Å². The molecule has 2 amide bonds. The van der Waals surface area contributed by atoms with Gasteiger partial charge in [0.05, 0.1) is 23.0 Å². The number of carbonyl (C=O) groups is 2. The Morgan fingerprint density at radius 2 is 1.50 bits per heavy atom. The van der Waals surface area contributed by atoms with Gasteiger partial charge in [-0.25, -0.2) is 23.1 Å². The van der Waals surface area contributed by atoms with Crippen LogP contribution in [-0.2, 0) is 10.0 Å². The molecule has 0 unspecified atom stereocenters. The molecule has 194 valence electrons. The molecule has 3 N–H and O–H groups in total. The lowest BCUT2D eigenvalue weighted by Crippen LogP contribution is -2.30. The molecule has 0 saturated heterocycles. The van der Waals surface area contributed by atoms with Crippen molar-refractivity contribution in [1.82, 2.24) is 14.7 Å². The summed E-state index contributed by atoms with van der Waals surface area (Å²) in [7, 11) is -4.20. The van der Waals surface area contributed by atoms with E-state index in [2.05, 4.69) is 20.6 Å². The molecule has 3 aromatic carbocycles. The number of rotatable bonds is 10. The van der Waals surface area contributed by atoms with Crippen molar-refractivity contribution in [2.75, 3.05) is 22.9 Å². The second-order valence-corrected chi connectivity index (χ2v) is 11.0. The van der Waals surface area contributed by atoms with E-state index in [1.54, 1.807) is 36.0 Å². The lowest BCUT2D eigenvalue weighted by atomic mass is 10.1.